The second-order valence-electron chi connectivity index (χ2n) is 5.09. The molecule has 1 aromatic carbocycles. The fourth-order valence-electron chi connectivity index (χ4n) is 2.07. The molecule has 0 spiro atoms. The van der Waals surface area contributed by atoms with Crippen LogP contribution in [0.15, 0.2) is 29.6 Å². The molecular formula is C17H22N2O2S. The highest BCUT2D eigenvalue weighted by atomic mass is 32.1. The van der Waals surface area contributed by atoms with Crippen LogP contribution in [0, 0.1) is 6.92 Å². The Balaban J connectivity index is 1.83. The number of aryl methyl sites for hydroxylation is 1. The fraction of sp³-hybridized carbons (Fsp3) is 0.412. The molecule has 1 amide bonds. The first-order valence-electron chi connectivity index (χ1n) is 7.55. The summed E-state index contributed by atoms with van der Waals surface area (Å²) in [6.07, 6.45) is 1.17. The lowest BCUT2D eigenvalue weighted by Gasteiger charge is -2.04. The molecule has 0 fully saturated rings. The Labute approximate surface area is 135 Å². The smallest absolute Gasteiger partial charge is 0.226 e. The lowest BCUT2D eigenvalue weighted by atomic mass is 10.1. The van der Waals surface area contributed by atoms with E-state index >= 15 is 0 Å². The van der Waals surface area contributed by atoms with Gasteiger partial charge in [-0.3, -0.25) is 4.79 Å². The van der Waals surface area contributed by atoms with Crippen LogP contribution in [-0.2, 0) is 16.0 Å². The summed E-state index contributed by atoms with van der Waals surface area (Å²) < 4.78 is 5.23. The minimum absolute atomic E-state index is 0.0117. The van der Waals surface area contributed by atoms with Crippen molar-refractivity contribution in [2.75, 3.05) is 19.8 Å². The van der Waals surface area contributed by atoms with E-state index in [0.717, 1.165) is 22.7 Å². The summed E-state index contributed by atoms with van der Waals surface area (Å²) >= 11 is 1.58. The molecule has 0 aliphatic carbocycles. The fourth-order valence-corrected chi connectivity index (χ4v) is 2.89. The Bertz CT molecular complexity index is 610. The third-order valence-corrected chi connectivity index (χ3v) is 4.09. The Kier molecular flexibility index (Phi) is 6.55. The van der Waals surface area contributed by atoms with Crippen molar-refractivity contribution in [2.24, 2.45) is 0 Å². The van der Waals surface area contributed by atoms with Crippen molar-refractivity contribution in [2.45, 2.75) is 26.7 Å². The number of hydrogen-bond donors (Lipinski definition) is 1. The SMILES string of the molecule is CCOCCCNC(=O)Cc1csc(-c2cccc(C)c2)n1. The first kappa shape index (κ1) is 16.6. The molecular weight excluding hydrogens is 296 g/mol. The van der Waals surface area contributed by atoms with Crippen LogP contribution in [0.1, 0.15) is 24.6 Å². The Morgan fingerprint density at radius 2 is 2.27 bits per heavy atom. The highest BCUT2D eigenvalue weighted by Crippen LogP contribution is 2.24. The van der Waals surface area contributed by atoms with Crippen molar-refractivity contribution in [1.29, 1.82) is 0 Å². The molecule has 118 valence electrons. The topological polar surface area (TPSA) is 51.2 Å². The van der Waals surface area contributed by atoms with Crippen molar-refractivity contribution < 1.29 is 9.53 Å². The Hall–Kier alpha value is -1.72. The number of carbonyl (C=O) groups excluding carboxylic acids is 1. The van der Waals surface area contributed by atoms with Crippen molar-refractivity contribution in [3.8, 4) is 10.6 Å². The molecule has 22 heavy (non-hydrogen) atoms. The average molecular weight is 318 g/mol. The van der Waals surface area contributed by atoms with Crippen LogP contribution in [0.2, 0.25) is 0 Å². The number of hydrogen-bond acceptors (Lipinski definition) is 4. The average Bonchev–Trinajstić information content (AvgIpc) is 2.95. The standard InChI is InChI=1S/C17H22N2O2S/c1-3-21-9-5-8-18-16(20)11-15-12-22-17(19-15)14-7-4-6-13(2)10-14/h4,6-7,10,12H,3,5,8-9,11H2,1-2H3,(H,18,20). The zero-order valence-electron chi connectivity index (χ0n) is 13.1. The van der Waals surface area contributed by atoms with Gasteiger partial charge < -0.3 is 10.1 Å². The highest BCUT2D eigenvalue weighted by molar-refractivity contribution is 7.13. The van der Waals surface area contributed by atoms with Gasteiger partial charge in [0.1, 0.15) is 5.01 Å². The number of nitrogens with zero attached hydrogens (tertiary/aromatic N) is 1. The maximum atomic E-state index is 11.9. The van der Waals surface area contributed by atoms with Gasteiger partial charge in [0.2, 0.25) is 5.91 Å². The van der Waals surface area contributed by atoms with Gasteiger partial charge in [0.05, 0.1) is 12.1 Å². The number of amides is 1. The van der Waals surface area contributed by atoms with Gasteiger partial charge >= 0.3 is 0 Å². The highest BCUT2D eigenvalue weighted by Gasteiger charge is 2.08. The monoisotopic (exact) mass is 318 g/mol. The number of benzene rings is 1. The van der Waals surface area contributed by atoms with Crippen LogP contribution in [-0.4, -0.2) is 30.6 Å². The molecule has 0 aliphatic rings. The summed E-state index contributed by atoms with van der Waals surface area (Å²) in [6.45, 7) is 6.08. The van der Waals surface area contributed by atoms with E-state index in [-0.39, 0.29) is 5.91 Å². The van der Waals surface area contributed by atoms with Crippen LogP contribution in [0.25, 0.3) is 10.6 Å². The van der Waals surface area contributed by atoms with Gasteiger partial charge in [-0.25, -0.2) is 4.98 Å². The third kappa shape index (κ3) is 5.24. The van der Waals surface area contributed by atoms with E-state index in [1.54, 1.807) is 11.3 Å². The van der Waals surface area contributed by atoms with Gasteiger partial charge in [-0.2, -0.15) is 0 Å². The van der Waals surface area contributed by atoms with Gasteiger partial charge in [0.15, 0.2) is 0 Å². The molecule has 0 aliphatic heterocycles. The maximum Gasteiger partial charge on any atom is 0.226 e. The summed E-state index contributed by atoms with van der Waals surface area (Å²) in [5.74, 6) is 0.0117. The molecule has 2 rings (SSSR count). The summed E-state index contributed by atoms with van der Waals surface area (Å²) in [6, 6.07) is 8.24. The molecule has 1 N–H and O–H groups in total. The number of carbonyl (C=O) groups is 1. The van der Waals surface area contributed by atoms with E-state index in [2.05, 4.69) is 29.4 Å². The zero-order chi connectivity index (χ0) is 15.8. The number of rotatable bonds is 8. The van der Waals surface area contributed by atoms with Gasteiger partial charge in [-0.15, -0.1) is 11.3 Å². The summed E-state index contributed by atoms with van der Waals surface area (Å²) in [7, 11) is 0. The number of thiazole rings is 1. The first-order chi connectivity index (χ1) is 10.7. The predicted octanol–water partition coefficient (Wildman–Crippen LogP) is 3.20. The van der Waals surface area contributed by atoms with Crippen molar-refractivity contribution in [1.82, 2.24) is 10.3 Å². The minimum Gasteiger partial charge on any atom is -0.382 e. The number of aromatic nitrogens is 1. The van der Waals surface area contributed by atoms with Gasteiger partial charge in [-0.05, 0) is 26.3 Å². The van der Waals surface area contributed by atoms with E-state index < -0.39 is 0 Å². The van der Waals surface area contributed by atoms with Gasteiger partial charge in [-0.1, -0.05) is 23.8 Å². The summed E-state index contributed by atoms with van der Waals surface area (Å²) in [4.78, 5) is 16.4. The second kappa shape index (κ2) is 8.66. The maximum absolute atomic E-state index is 11.9. The van der Waals surface area contributed by atoms with Crippen molar-refractivity contribution in [3.63, 3.8) is 0 Å². The Morgan fingerprint density at radius 1 is 1.41 bits per heavy atom. The zero-order valence-corrected chi connectivity index (χ0v) is 13.9. The quantitative estimate of drug-likeness (QED) is 0.760. The predicted molar refractivity (Wildman–Crippen MR) is 90.1 cm³/mol. The molecule has 5 heteroatoms. The van der Waals surface area contributed by atoms with E-state index in [9.17, 15) is 4.79 Å². The van der Waals surface area contributed by atoms with Crippen LogP contribution in [0.4, 0.5) is 0 Å². The van der Waals surface area contributed by atoms with Gasteiger partial charge in [0, 0.05) is 30.7 Å². The van der Waals surface area contributed by atoms with Gasteiger partial charge in [0.25, 0.3) is 0 Å². The number of nitrogens with one attached hydrogen (secondary N) is 1. The molecule has 0 atom stereocenters. The minimum atomic E-state index is 0.0117. The molecule has 4 nitrogen and oxygen atoms in total. The van der Waals surface area contributed by atoms with E-state index in [1.165, 1.54) is 5.56 Å². The van der Waals surface area contributed by atoms with Crippen LogP contribution in [0.3, 0.4) is 0 Å². The third-order valence-electron chi connectivity index (χ3n) is 3.15. The van der Waals surface area contributed by atoms with Crippen LogP contribution < -0.4 is 5.32 Å². The molecule has 0 saturated carbocycles. The molecule has 1 heterocycles. The van der Waals surface area contributed by atoms with Crippen LogP contribution >= 0.6 is 11.3 Å². The molecule has 0 unspecified atom stereocenters. The Morgan fingerprint density at radius 3 is 3.05 bits per heavy atom. The summed E-state index contributed by atoms with van der Waals surface area (Å²) in [5.41, 5.74) is 3.14. The van der Waals surface area contributed by atoms with E-state index in [1.807, 2.05) is 24.4 Å². The molecule has 0 radical (unpaired) electrons. The van der Waals surface area contributed by atoms with Crippen LogP contribution in [0.5, 0.6) is 0 Å². The molecule has 0 saturated heterocycles. The number of ether oxygens (including phenoxy) is 1. The normalized spacial score (nSPS) is 10.6. The van der Waals surface area contributed by atoms with Crippen molar-refractivity contribution >= 4 is 17.2 Å². The first-order valence-corrected chi connectivity index (χ1v) is 8.43. The molecule has 0 bridgehead atoms. The molecule has 2 aromatic rings. The second-order valence-corrected chi connectivity index (χ2v) is 5.95. The van der Waals surface area contributed by atoms with E-state index in [4.69, 9.17) is 4.74 Å². The van der Waals surface area contributed by atoms with E-state index in [0.29, 0.717) is 26.2 Å². The van der Waals surface area contributed by atoms with Crippen molar-refractivity contribution in [3.05, 3.63) is 40.9 Å². The lowest BCUT2D eigenvalue weighted by Crippen LogP contribution is -2.26. The molecule has 1 aromatic heterocycles. The summed E-state index contributed by atoms with van der Waals surface area (Å²) in [5, 5.41) is 5.81. The largest absolute Gasteiger partial charge is 0.382 e. The lowest BCUT2D eigenvalue weighted by molar-refractivity contribution is -0.120.